The number of aryl methyl sites for hydroxylation is 2. The third kappa shape index (κ3) is 4.18. The maximum atomic E-state index is 12.0. The molecule has 4 rings (SSSR count). The van der Waals surface area contributed by atoms with Crippen LogP contribution in [-0.4, -0.2) is 28.5 Å². The molecule has 3 atom stereocenters. The number of hydrogen-bond acceptors (Lipinski definition) is 7. The van der Waals surface area contributed by atoms with Crippen molar-refractivity contribution in [3.63, 3.8) is 0 Å². The number of aldehydes is 1. The summed E-state index contributed by atoms with van der Waals surface area (Å²) >= 11 is 0. The molecule has 154 valence electrons. The molecule has 0 bridgehead atoms. The SMILES string of the molecule is Cc1cc(C)c2c(c1)COP(OCC1CCC(n3cc(C=O)c(=O)[nH]c3=O)O1)O2. The predicted octanol–water partition coefficient (Wildman–Crippen LogP) is 2.50. The summed E-state index contributed by atoms with van der Waals surface area (Å²) in [5.74, 6) is 0.805. The van der Waals surface area contributed by atoms with Crippen molar-refractivity contribution in [3.8, 4) is 5.75 Å². The van der Waals surface area contributed by atoms with Gasteiger partial charge in [-0.05, 0) is 32.3 Å². The van der Waals surface area contributed by atoms with E-state index in [1.165, 1.54) is 10.8 Å². The van der Waals surface area contributed by atoms with Crippen LogP contribution in [0, 0.1) is 13.8 Å². The van der Waals surface area contributed by atoms with Gasteiger partial charge in [-0.3, -0.25) is 28.2 Å². The van der Waals surface area contributed by atoms with Gasteiger partial charge in [0.15, 0.2) is 6.29 Å². The van der Waals surface area contributed by atoms with Crippen LogP contribution >= 0.6 is 8.60 Å². The third-order valence-electron chi connectivity index (χ3n) is 4.87. The van der Waals surface area contributed by atoms with Crippen LogP contribution in [0.2, 0.25) is 0 Å². The number of ether oxygens (including phenoxy) is 1. The Morgan fingerprint density at radius 1 is 1.31 bits per heavy atom. The van der Waals surface area contributed by atoms with Crippen LogP contribution in [0.15, 0.2) is 27.9 Å². The van der Waals surface area contributed by atoms with Crippen LogP contribution in [0.5, 0.6) is 5.75 Å². The van der Waals surface area contributed by atoms with Crippen LogP contribution in [0.25, 0.3) is 0 Å². The summed E-state index contributed by atoms with van der Waals surface area (Å²) in [5, 5.41) is 0. The molecular weight excluding hydrogens is 399 g/mol. The summed E-state index contributed by atoms with van der Waals surface area (Å²) in [7, 11) is -1.53. The second-order valence-corrected chi connectivity index (χ2v) is 8.26. The maximum absolute atomic E-state index is 12.0. The fraction of sp³-hybridized carbons (Fsp3) is 0.421. The van der Waals surface area contributed by atoms with Crippen molar-refractivity contribution in [3.05, 3.63) is 61.4 Å². The van der Waals surface area contributed by atoms with Gasteiger partial charge in [0.2, 0.25) is 0 Å². The monoisotopic (exact) mass is 420 g/mol. The Kier molecular flexibility index (Phi) is 5.65. The molecule has 3 heterocycles. The molecule has 1 fully saturated rings. The zero-order valence-electron chi connectivity index (χ0n) is 16.0. The van der Waals surface area contributed by atoms with Gasteiger partial charge in [0.25, 0.3) is 5.56 Å². The van der Waals surface area contributed by atoms with E-state index in [4.69, 9.17) is 18.3 Å². The van der Waals surface area contributed by atoms with E-state index in [1.807, 2.05) is 19.9 Å². The molecule has 2 aromatic rings. The summed E-state index contributed by atoms with van der Waals surface area (Å²) in [4.78, 5) is 36.6. The zero-order valence-corrected chi connectivity index (χ0v) is 16.9. The topological polar surface area (TPSA) is 109 Å². The lowest BCUT2D eigenvalue weighted by Gasteiger charge is -2.26. The smallest absolute Gasteiger partial charge is 0.397 e. The number of fused-ring (bicyclic) bond motifs is 1. The van der Waals surface area contributed by atoms with Crippen LogP contribution in [0.4, 0.5) is 0 Å². The van der Waals surface area contributed by atoms with Gasteiger partial charge in [-0.2, -0.15) is 0 Å². The molecule has 10 heteroatoms. The first-order chi connectivity index (χ1) is 13.9. The molecule has 9 nitrogen and oxygen atoms in total. The van der Waals surface area contributed by atoms with Crippen molar-refractivity contribution in [1.82, 2.24) is 9.55 Å². The minimum atomic E-state index is -1.53. The van der Waals surface area contributed by atoms with E-state index in [1.54, 1.807) is 0 Å². The van der Waals surface area contributed by atoms with Gasteiger partial charge in [-0.25, -0.2) is 4.79 Å². The number of benzene rings is 1. The van der Waals surface area contributed by atoms with Gasteiger partial charge in [0, 0.05) is 11.8 Å². The molecule has 1 saturated heterocycles. The number of carbonyl (C=O) groups excluding carboxylic acids is 1. The molecule has 2 aliphatic heterocycles. The maximum Gasteiger partial charge on any atom is 0.397 e. The number of hydrogen-bond donors (Lipinski definition) is 1. The van der Waals surface area contributed by atoms with E-state index >= 15 is 0 Å². The van der Waals surface area contributed by atoms with E-state index in [2.05, 4.69) is 11.1 Å². The molecule has 1 aromatic carbocycles. The fourth-order valence-electron chi connectivity index (χ4n) is 3.52. The zero-order chi connectivity index (χ0) is 20.5. The summed E-state index contributed by atoms with van der Waals surface area (Å²) < 4.78 is 24.4. The van der Waals surface area contributed by atoms with Crippen LogP contribution < -0.4 is 15.8 Å². The summed E-state index contributed by atoms with van der Waals surface area (Å²) in [6.45, 7) is 4.70. The highest BCUT2D eigenvalue weighted by Crippen LogP contribution is 2.49. The van der Waals surface area contributed by atoms with E-state index in [-0.39, 0.29) is 18.3 Å². The third-order valence-corrected chi connectivity index (χ3v) is 5.90. The molecule has 1 aromatic heterocycles. The highest BCUT2D eigenvalue weighted by molar-refractivity contribution is 7.42. The van der Waals surface area contributed by atoms with E-state index in [9.17, 15) is 14.4 Å². The van der Waals surface area contributed by atoms with Crippen molar-refractivity contribution in [2.24, 2.45) is 0 Å². The summed E-state index contributed by atoms with van der Waals surface area (Å²) in [6.07, 6.45) is 2.02. The normalized spacial score (nSPS) is 23.4. The molecule has 29 heavy (non-hydrogen) atoms. The van der Waals surface area contributed by atoms with Gasteiger partial charge in [-0.15, -0.1) is 0 Å². The number of aromatic amines is 1. The van der Waals surface area contributed by atoms with Gasteiger partial charge in [-0.1, -0.05) is 17.7 Å². The van der Waals surface area contributed by atoms with Crippen molar-refractivity contribution in [2.75, 3.05) is 6.61 Å². The summed E-state index contributed by atoms with van der Waals surface area (Å²) in [6, 6.07) is 4.09. The number of rotatable bonds is 5. The number of nitrogens with one attached hydrogen (secondary N) is 1. The Morgan fingerprint density at radius 3 is 2.93 bits per heavy atom. The average molecular weight is 420 g/mol. The molecule has 2 aliphatic rings. The Labute approximate surface area is 167 Å². The molecule has 0 aliphatic carbocycles. The second kappa shape index (κ2) is 8.20. The molecule has 0 amide bonds. The lowest BCUT2D eigenvalue weighted by Crippen LogP contribution is -2.34. The Balaban J connectivity index is 1.36. The molecular formula is C19H21N2O7P. The van der Waals surface area contributed by atoms with E-state index in [0.717, 1.165) is 22.4 Å². The molecule has 0 radical (unpaired) electrons. The van der Waals surface area contributed by atoms with Crippen LogP contribution in [0.3, 0.4) is 0 Å². The van der Waals surface area contributed by atoms with Crippen molar-refractivity contribution >= 4 is 14.9 Å². The lowest BCUT2D eigenvalue weighted by atomic mass is 10.1. The van der Waals surface area contributed by atoms with Crippen LogP contribution in [-0.2, 0) is 20.4 Å². The van der Waals surface area contributed by atoms with E-state index < -0.39 is 26.1 Å². The quantitative estimate of drug-likeness (QED) is 0.585. The van der Waals surface area contributed by atoms with Crippen LogP contribution in [0.1, 0.15) is 46.1 Å². The lowest BCUT2D eigenvalue weighted by molar-refractivity contribution is -0.0229. The molecule has 3 unspecified atom stereocenters. The number of carbonyl (C=O) groups is 1. The highest BCUT2D eigenvalue weighted by atomic mass is 31.2. The van der Waals surface area contributed by atoms with Gasteiger partial charge in [0.05, 0.1) is 24.9 Å². The standard InChI is InChI=1S/C19H21N2O7P/c1-11-5-12(2)17-13(6-11)9-25-29(28-17)26-10-15-3-4-16(27-15)21-7-14(8-22)18(23)20-19(21)24/h5-8,15-16H,3-4,9-10H2,1-2H3,(H,20,23,24). The molecule has 1 N–H and O–H groups in total. The molecule has 0 saturated carbocycles. The van der Waals surface area contributed by atoms with Gasteiger partial charge in [0.1, 0.15) is 12.0 Å². The van der Waals surface area contributed by atoms with Crippen molar-refractivity contribution in [2.45, 2.75) is 45.6 Å². The van der Waals surface area contributed by atoms with Crippen molar-refractivity contribution in [1.29, 1.82) is 0 Å². The first kappa shape index (κ1) is 20.0. The molecule has 0 spiro atoms. The number of aromatic nitrogens is 2. The largest absolute Gasteiger partial charge is 0.426 e. The van der Waals surface area contributed by atoms with E-state index in [0.29, 0.717) is 25.7 Å². The minimum absolute atomic E-state index is 0.121. The Hall–Kier alpha value is -2.32. The van der Waals surface area contributed by atoms with Gasteiger partial charge < -0.3 is 9.26 Å². The number of H-pyrrole nitrogens is 1. The minimum Gasteiger partial charge on any atom is -0.426 e. The first-order valence-electron chi connectivity index (χ1n) is 9.24. The van der Waals surface area contributed by atoms with Gasteiger partial charge >= 0.3 is 14.3 Å². The predicted molar refractivity (Wildman–Crippen MR) is 104 cm³/mol. The Bertz CT molecular complexity index is 1050. The average Bonchev–Trinajstić information content (AvgIpc) is 3.15. The summed E-state index contributed by atoms with van der Waals surface area (Å²) in [5.41, 5.74) is 1.76. The number of nitrogens with zero attached hydrogens (tertiary/aromatic N) is 1. The fourth-order valence-corrected chi connectivity index (χ4v) is 4.65. The highest BCUT2D eigenvalue weighted by Gasteiger charge is 2.31. The first-order valence-corrected chi connectivity index (χ1v) is 10.3. The second-order valence-electron chi connectivity index (χ2n) is 7.11. The Morgan fingerprint density at radius 2 is 2.14 bits per heavy atom. The van der Waals surface area contributed by atoms with Crippen molar-refractivity contribution < 1.29 is 23.1 Å².